The van der Waals surface area contributed by atoms with E-state index in [1.807, 2.05) is 47.4 Å². The number of aliphatic hydroxyl groups is 1. The number of nitrogens with zero attached hydrogens (tertiary/aromatic N) is 3. The highest BCUT2D eigenvalue weighted by Crippen LogP contribution is 2.69. The highest BCUT2D eigenvalue weighted by molar-refractivity contribution is 8.02. The number of carbonyl (C=O) groups excluding carboxylic acids is 3. The lowest BCUT2D eigenvalue weighted by atomic mass is 9.65. The molecule has 3 heterocycles. The van der Waals surface area contributed by atoms with E-state index in [-0.39, 0.29) is 35.5 Å². The number of amides is 3. The predicted molar refractivity (Wildman–Crippen MR) is 170 cm³/mol. The monoisotopic (exact) mass is 589 g/mol. The van der Waals surface area contributed by atoms with E-state index in [4.69, 9.17) is 0 Å². The van der Waals surface area contributed by atoms with Crippen LogP contribution < -0.4 is 4.90 Å². The Morgan fingerprint density at radius 3 is 2.48 bits per heavy atom. The van der Waals surface area contributed by atoms with Gasteiger partial charge < -0.3 is 19.8 Å². The summed E-state index contributed by atoms with van der Waals surface area (Å²) < 4.78 is -0.671. The Kier molecular flexibility index (Phi) is 9.14. The first kappa shape index (κ1) is 30.4. The maximum atomic E-state index is 14.9. The lowest BCUT2D eigenvalue weighted by molar-refractivity contribution is -0.143. The number of hydrogen-bond acceptors (Lipinski definition) is 5. The van der Waals surface area contributed by atoms with Crippen molar-refractivity contribution in [3.05, 3.63) is 67.8 Å². The van der Waals surface area contributed by atoms with Gasteiger partial charge in [-0.25, -0.2) is 0 Å². The van der Waals surface area contributed by atoms with Gasteiger partial charge in [-0.15, -0.1) is 24.9 Å². The van der Waals surface area contributed by atoms with E-state index in [2.05, 4.69) is 20.1 Å². The molecule has 3 fully saturated rings. The molecule has 2 bridgehead atoms. The lowest BCUT2D eigenvalue weighted by Gasteiger charge is -2.41. The molecule has 2 aromatic carbocycles. The zero-order chi connectivity index (χ0) is 30.0. The molecule has 2 aromatic rings. The summed E-state index contributed by atoms with van der Waals surface area (Å²) in [5.74, 6) is -1.10. The van der Waals surface area contributed by atoms with Crippen LogP contribution in [0.3, 0.4) is 0 Å². The SMILES string of the molecule is C=CCN(C)C(=O)[C@@H]1[C@H]2C(=O)N(CCCCCCO)C(C(=O)N(CC=C)c3ccc4ccccc4c3)C23S[C@@H]1CC3C. The minimum Gasteiger partial charge on any atom is -0.396 e. The number of thioether (sulfide) groups is 1. The molecule has 3 aliphatic heterocycles. The van der Waals surface area contributed by atoms with Crippen molar-refractivity contribution in [2.75, 3.05) is 38.2 Å². The molecule has 8 heteroatoms. The maximum absolute atomic E-state index is 14.9. The van der Waals surface area contributed by atoms with Crippen molar-refractivity contribution in [3.63, 3.8) is 0 Å². The number of unbranched alkanes of at least 4 members (excludes halogenated alkanes) is 3. The van der Waals surface area contributed by atoms with Crippen molar-refractivity contribution in [1.29, 1.82) is 0 Å². The van der Waals surface area contributed by atoms with Crippen molar-refractivity contribution in [3.8, 4) is 0 Å². The molecule has 1 spiro atoms. The summed E-state index contributed by atoms with van der Waals surface area (Å²) in [6, 6.07) is 13.4. The molecule has 1 N–H and O–H groups in total. The topological polar surface area (TPSA) is 81.2 Å². The third kappa shape index (κ3) is 5.06. The number of benzene rings is 2. The summed E-state index contributed by atoms with van der Waals surface area (Å²) >= 11 is 1.71. The molecule has 3 unspecified atom stereocenters. The van der Waals surface area contributed by atoms with Crippen LogP contribution >= 0.6 is 11.8 Å². The second-order valence-electron chi connectivity index (χ2n) is 12.0. The summed E-state index contributed by atoms with van der Waals surface area (Å²) in [6.07, 6.45) is 7.43. The fourth-order valence-electron chi connectivity index (χ4n) is 7.55. The van der Waals surface area contributed by atoms with Gasteiger partial charge in [0.25, 0.3) is 5.91 Å². The molecule has 0 aromatic heterocycles. The molecule has 0 radical (unpaired) electrons. The molecular formula is C34H43N3O4S. The summed E-state index contributed by atoms with van der Waals surface area (Å²) in [7, 11) is 1.77. The number of fused-ring (bicyclic) bond motifs is 2. The molecule has 3 aliphatic rings. The van der Waals surface area contributed by atoms with Gasteiger partial charge in [0.2, 0.25) is 11.8 Å². The van der Waals surface area contributed by atoms with Gasteiger partial charge in [0, 0.05) is 44.2 Å². The molecule has 0 aliphatic carbocycles. The Morgan fingerprint density at radius 1 is 1.05 bits per heavy atom. The smallest absolute Gasteiger partial charge is 0.251 e. The van der Waals surface area contributed by atoms with E-state index in [1.165, 1.54) is 0 Å². The fourth-order valence-corrected chi connectivity index (χ4v) is 9.96. The zero-order valence-electron chi connectivity index (χ0n) is 24.8. The Hall–Kier alpha value is -3.10. The van der Waals surface area contributed by atoms with Crippen molar-refractivity contribution in [1.82, 2.24) is 9.80 Å². The molecule has 224 valence electrons. The van der Waals surface area contributed by atoms with Crippen LogP contribution in [0.15, 0.2) is 67.8 Å². The maximum Gasteiger partial charge on any atom is 0.251 e. The third-order valence-electron chi connectivity index (χ3n) is 9.47. The first-order valence-electron chi connectivity index (χ1n) is 15.2. The van der Waals surface area contributed by atoms with Gasteiger partial charge in [0.15, 0.2) is 0 Å². The van der Waals surface area contributed by atoms with E-state index in [1.54, 1.807) is 40.8 Å². The van der Waals surface area contributed by atoms with Crippen molar-refractivity contribution >= 4 is 45.9 Å². The van der Waals surface area contributed by atoms with Gasteiger partial charge in [0.05, 0.1) is 16.6 Å². The Balaban J connectivity index is 1.55. The number of carbonyl (C=O) groups is 3. The highest BCUT2D eigenvalue weighted by atomic mass is 32.2. The van der Waals surface area contributed by atoms with Crippen molar-refractivity contribution in [2.24, 2.45) is 17.8 Å². The first-order chi connectivity index (χ1) is 20.3. The fraction of sp³-hybridized carbons (Fsp3) is 0.500. The van der Waals surface area contributed by atoms with Crippen LogP contribution in [0.25, 0.3) is 10.8 Å². The number of likely N-dealkylation sites (tertiary alicyclic amines) is 1. The molecule has 7 nitrogen and oxygen atoms in total. The molecule has 5 rings (SSSR count). The van der Waals surface area contributed by atoms with Crippen LogP contribution in [-0.4, -0.2) is 82.0 Å². The van der Waals surface area contributed by atoms with Crippen molar-refractivity contribution in [2.45, 2.75) is 55.1 Å². The first-order valence-corrected chi connectivity index (χ1v) is 16.0. The standard InChI is InChI=1S/C34H43N3O4S/c1-5-17-35(4)31(39)28-27-21-23(3)34(42-27)29(28)32(40)37(19-11-7-8-12-20-38)30(34)33(41)36(18-6-2)26-16-15-24-13-9-10-14-25(24)22-26/h5-6,9-10,13-16,22-23,27-30,38H,1-2,7-8,11-12,17-21H2,3-4H3/t23?,27-,28+,29+,30?,34?/m1/s1. The van der Waals surface area contributed by atoms with Crippen LogP contribution in [0, 0.1) is 17.8 Å². The van der Waals surface area contributed by atoms with E-state index < -0.39 is 22.6 Å². The average Bonchev–Trinajstić information content (AvgIpc) is 3.58. The number of hydrogen-bond donors (Lipinski definition) is 1. The number of rotatable bonds is 13. The molecular weight excluding hydrogens is 546 g/mol. The summed E-state index contributed by atoms with van der Waals surface area (Å²) in [4.78, 5) is 48.3. The van der Waals surface area contributed by atoms with E-state index in [0.29, 0.717) is 19.6 Å². The number of aliphatic hydroxyl groups excluding tert-OH is 1. The number of likely N-dealkylation sites (N-methyl/N-ethyl adjacent to an activating group) is 1. The number of anilines is 1. The molecule has 3 saturated heterocycles. The molecule has 0 saturated carbocycles. The molecule has 6 atom stereocenters. The van der Waals surface area contributed by atoms with Crippen LogP contribution in [-0.2, 0) is 14.4 Å². The van der Waals surface area contributed by atoms with Gasteiger partial charge >= 0.3 is 0 Å². The van der Waals surface area contributed by atoms with Crippen LogP contribution in [0.5, 0.6) is 0 Å². The molecule has 42 heavy (non-hydrogen) atoms. The minimum absolute atomic E-state index is 0.00393. The highest BCUT2D eigenvalue weighted by Gasteiger charge is 2.76. The Bertz CT molecular complexity index is 1360. The van der Waals surface area contributed by atoms with Gasteiger partial charge in [-0.3, -0.25) is 14.4 Å². The molecule has 3 amide bonds. The lowest BCUT2D eigenvalue weighted by Crippen LogP contribution is -2.57. The van der Waals surface area contributed by atoms with Gasteiger partial charge in [-0.2, -0.15) is 0 Å². The Morgan fingerprint density at radius 2 is 1.76 bits per heavy atom. The second kappa shape index (κ2) is 12.6. The largest absolute Gasteiger partial charge is 0.396 e. The quantitative estimate of drug-likeness (QED) is 0.266. The minimum atomic E-state index is -0.674. The summed E-state index contributed by atoms with van der Waals surface area (Å²) in [5, 5.41) is 11.4. The van der Waals surface area contributed by atoms with Gasteiger partial charge in [0.1, 0.15) is 6.04 Å². The van der Waals surface area contributed by atoms with Gasteiger partial charge in [-0.1, -0.05) is 62.2 Å². The average molecular weight is 590 g/mol. The van der Waals surface area contributed by atoms with Gasteiger partial charge in [-0.05, 0) is 48.1 Å². The van der Waals surface area contributed by atoms with E-state index in [9.17, 15) is 19.5 Å². The summed E-state index contributed by atoms with van der Waals surface area (Å²) in [6.45, 7) is 11.2. The van der Waals surface area contributed by atoms with Crippen LogP contribution in [0.4, 0.5) is 5.69 Å². The normalized spacial score (nSPS) is 27.7. The predicted octanol–water partition coefficient (Wildman–Crippen LogP) is 4.89. The van der Waals surface area contributed by atoms with Crippen LogP contribution in [0.2, 0.25) is 0 Å². The second-order valence-corrected chi connectivity index (χ2v) is 13.5. The Labute approximate surface area is 253 Å². The van der Waals surface area contributed by atoms with E-state index in [0.717, 1.165) is 48.6 Å². The van der Waals surface area contributed by atoms with Crippen molar-refractivity contribution < 1.29 is 19.5 Å². The van der Waals surface area contributed by atoms with Crippen LogP contribution in [0.1, 0.15) is 39.0 Å². The summed E-state index contributed by atoms with van der Waals surface area (Å²) in [5.41, 5.74) is 0.775. The third-order valence-corrected chi connectivity index (χ3v) is 11.5. The van der Waals surface area contributed by atoms with E-state index >= 15 is 0 Å². The zero-order valence-corrected chi connectivity index (χ0v) is 25.6.